The van der Waals surface area contributed by atoms with Crippen molar-refractivity contribution in [2.24, 2.45) is 5.41 Å². The predicted octanol–water partition coefficient (Wildman–Crippen LogP) is 1.26. The molecule has 0 unspecified atom stereocenters. The summed E-state index contributed by atoms with van der Waals surface area (Å²) in [6.45, 7) is 4.79. The van der Waals surface area contributed by atoms with Crippen LogP contribution >= 0.6 is 12.4 Å². The zero-order chi connectivity index (χ0) is 9.90. The lowest BCUT2D eigenvalue weighted by atomic mass is 9.79. The number of carbonyl (C=O) groups excluding carboxylic acids is 1. The monoisotopic (exact) mass is 219 g/mol. The van der Waals surface area contributed by atoms with E-state index in [4.69, 9.17) is 5.11 Å². The van der Waals surface area contributed by atoms with Gasteiger partial charge in [0.1, 0.15) is 0 Å². The molecule has 0 aromatic heterocycles. The molecular formula is C10H18ClNO2. The van der Waals surface area contributed by atoms with Crippen LogP contribution in [0, 0.1) is 5.41 Å². The Morgan fingerprint density at radius 2 is 2.14 bits per heavy atom. The molecule has 0 aromatic rings. The molecule has 14 heavy (non-hydrogen) atoms. The molecule has 0 radical (unpaired) electrons. The SMILES string of the molecule is CC1(C)CC(=O)C=C(NCCO)C1.Cl. The molecule has 2 N–H and O–H groups in total. The van der Waals surface area contributed by atoms with Gasteiger partial charge in [-0.05, 0) is 11.8 Å². The fraction of sp³-hybridized carbons (Fsp3) is 0.700. The van der Waals surface area contributed by atoms with E-state index >= 15 is 0 Å². The van der Waals surface area contributed by atoms with Crippen molar-refractivity contribution in [3.05, 3.63) is 11.8 Å². The lowest BCUT2D eigenvalue weighted by molar-refractivity contribution is -0.117. The zero-order valence-corrected chi connectivity index (χ0v) is 9.49. The molecule has 0 bridgehead atoms. The first kappa shape index (κ1) is 13.5. The first-order valence-corrected chi connectivity index (χ1v) is 4.62. The van der Waals surface area contributed by atoms with E-state index in [9.17, 15) is 4.79 Å². The van der Waals surface area contributed by atoms with Crippen LogP contribution in [0.5, 0.6) is 0 Å². The van der Waals surface area contributed by atoms with Gasteiger partial charge in [0, 0.05) is 24.7 Å². The fourth-order valence-electron chi connectivity index (χ4n) is 1.68. The van der Waals surface area contributed by atoms with Gasteiger partial charge in [-0.1, -0.05) is 13.8 Å². The summed E-state index contributed by atoms with van der Waals surface area (Å²) < 4.78 is 0. The average Bonchev–Trinajstić information content (AvgIpc) is 1.97. The van der Waals surface area contributed by atoms with E-state index in [1.807, 2.05) is 0 Å². The third-order valence-corrected chi connectivity index (χ3v) is 2.12. The number of aliphatic hydroxyl groups excluding tert-OH is 1. The summed E-state index contributed by atoms with van der Waals surface area (Å²) in [5, 5.41) is 11.7. The van der Waals surface area contributed by atoms with Gasteiger partial charge in [-0.3, -0.25) is 4.79 Å². The van der Waals surface area contributed by atoms with Crippen molar-refractivity contribution in [1.29, 1.82) is 0 Å². The number of allylic oxidation sites excluding steroid dienone is 2. The van der Waals surface area contributed by atoms with Crippen molar-refractivity contribution < 1.29 is 9.90 Å². The van der Waals surface area contributed by atoms with Crippen LogP contribution in [0.3, 0.4) is 0 Å². The van der Waals surface area contributed by atoms with Crippen LogP contribution in [0.2, 0.25) is 0 Å². The molecule has 4 heteroatoms. The van der Waals surface area contributed by atoms with Gasteiger partial charge in [0.2, 0.25) is 0 Å². The minimum Gasteiger partial charge on any atom is -0.395 e. The van der Waals surface area contributed by atoms with Crippen LogP contribution in [0.15, 0.2) is 11.8 Å². The predicted molar refractivity (Wildman–Crippen MR) is 58.4 cm³/mol. The Balaban J connectivity index is 0.00000169. The standard InChI is InChI=1S/C10H17NO2.ClH/c1-10(2)6-8(11-3-4-12)5-9(13)7-10;/h5,11-12H,3-4,6-7H2,1-2H3;1H. The van der Waals surface area contributed by atoms with Crippen molar-refractivity contribution in [1.82, 2.24) is 5.32 Å². The van der Waals surface area contributed by atoms with Gasteiger partial charge in [0.15, 0.2) is 5.78 Å². The Hall–Kier alpha value is -0.540. The van der Waals surface area contributed by atoms with Gasteiger partial charge in [0.25, 0.3) is 0 Å². The highest BCUT2D eigenvalue weighted by Crippen LogP contribution is 2.32. The van der Waals surface area contributed by atoms with Crippen molar-refractivity contribution >= 4 is 18.2 Å². The van der Waals surface area contributed by atoms with Crippen molar-refractivity contribution in [3.63, 3.8) is 0 Å². The molecule has 0 aromatic carbocycles. The molecule has 0 atom stereocenters. The molecule has 0 amide bonds. The average molecular weight is 220 g/mol. The second-order valence-electron chi connectivity index (χ2n) is 4.30. The Kier molecular flexibility index (Phi) is 5.16. The van der Waals surface area contributed by atoms with Gasteiger partial charge >= 0.3 is 0 Å². The minimum atomic E-state index is 0. The number of halogens is 1. The summed E-state index contributed by atoms with van der Waals surface area (Å²) in [6.07, 6.45) is 3.16. The zero-order valence-electron chi connectivity index (χ0n) is 8.67. The van der Waals surface area contributed by atoms with Crippen LogP contribution in [-0.4, -0.2) is 24.0 Å². The number of ketones is 1. The highest BCUT2D eigenvalue weighted by molar-refractivity contribution is 5.91. The maximum atomic E-state index is 11.3. The highest BCUT2D eigenvalue weighted by Gasteiger charge is 2.26. The van der Waals surface area contributed by atoms with Crippen molar-refractivity contribution in [2.45, 2.75) is 26.7 Å². The van der Waals surface area contributed by atoms with Gasteiger partial charge in [-0.25, -0.2) is 0 Å². The van der Waals surface area contributed by atoms with Crippen molar-refractivity contribution in [2.75, 3.05) is 13.2 Å². The van der Waals surface area contributed by atoms with Crippen LogP contribution in [0.4, 0.5) is 0 Å². The number of carbonyl (C=O) groups is 1. The first-order valence-electron chi connectivity index (χ1n) is 4.62. The number of rotatable bonds is 3. The van der Waals surface area contributed by atoms with E-state index in [0.717, 1.165) is 12.1 Å². The topological polar surface area (TPSA) is 49.3 Å². The molecule has 1 rings (SSSR count). The molecule has 0 saturated heterocycles. The summed E-state index contributed by atoms with van der Waals surface area (Å²) in [7, 11) is 0. The van der Waals surface area contributed by atoms with Crippen LogP contribution < -0.4 is 5.32 Å². The quantitative estimate of drug-likeness (QED) is 0.752. The van der Waals surface area contributed by atoms with E-state index in [1.165, 1.54) is 0 Å². The molecule has 0 spiro atoms. The third kappa shape index (κ3) is 4.11. The molecule has 0 fully saturated rings. The molecule has 0 aliphatic heterocycles. The summed E-state index contributed by atoms with van der Waals surface area (Å²) >= 11 is 0. The number of nitrogens with one attached hydrogen (secondary N) is 1. The first-order chi connectivity index (χ1) is 6.03. The summed E-state index contributed by atoms with van der Waals surface area (Å²) in [6, 6.07) is 0. The van der Waals surface area contributed by atoms with Gasteiger partial charge in [0.05, 0.1) is 6.61 Å². The van der Waals surface area contributed by atoms with Crippen LogP contribution in [-0.2, 0) is 4.79 Å². The molecule has 1 aliphatic rings. The van der Waals surface area contributed by atoms with Gasteiger partial charge in [-0.15, -0.1) is 12.4 Å². The smallest absolute Gasteiger partial charge is 0.157 e. The van der Waals surface area contributed by atoms with E-state index < -0.39 is 0 Å². The second kappa shape index (κ2) is 5.37. The van der Waals surface area contributed by atoms with E-state index in [0.29, 0.717) is 13.0 Å². The number of aliphatic hydroxyl groups is 1. The Labute approximate surface area is 91.0 Å². The van der Waals surface area contributed by atoms with Crippen molar-refractivity contribution in [3.8, 4) is 0 Å². The minimum absolute atomic E-state index is 0. The van der Waals surface area contributed by atoms with E-state index in [2.05, 4.69) is 19.2 Å². The molecule has 0 saturated carbocycles. The van der Waals surface area contributed by atoms with E-state index in [-0.39, 0.29) is 30.2 Å². The third-order valence-electron chi connectivity index (χ3n) is 2.12. The molecule has 0 heterocycles. The summed E-state index contributed by atoms with van der Waals surface area (Å²) in [4.78, 5) is 11.3. The highest BCUT2D eigenvalue weighted by atomic mass is 35.5. The van der Waals surface area contributed by atoms with Gasteiger partial charge < -0.3 is 10.4 Å². The molecular weight excluding hydrogens is 202 g/mol. The molecule has 82 valence electrons. The summed E-state index contributed by atoms with van der Waals surface area (Å²) in [5.41, 5.74) is 1.01. The Morgan fingerprint density at radius 1 is 1.50 bits per heavy atom. The molecule has 1 aliphatic carbocycles. The normalized spacial score (nSPS) is 19.6. The number of hydrogen-bond acceptors (Lipinski definition) is 3. The second-order valence-corrected chi connectivity index (χ2v) is 4.30. The van der Waals surface area contributed by atoms with Crippen LogP contribution in [0.1, 0.15) is 26.7 Å². The summed E-state index contributed by atoms with van der Waals surface area (Å²) in [5.74, 6) is 0.177. The Bertz CT molecular complexity index is 236. The molecule has 3 nitrogen and oxygen atoms in total. The maximum absolute atomic E-state index is 11.3. The largest absolute Gasteiger partial charge is 0.395 e. The lowest BCUT2D eigenvalue weighted by Crippen LogP contribution is -2.29. The Morgan fingerprint density at radius 3 is 2.64 bits per heavy atom. The lowest BCUT2D eigenvalue weighted by Gasteiger charge is -2.29. The van der Waals surface area contributed by atoms with Gasteiger partial charge in [-0.2, -0.15) is 0 Å². The number of hydrogen-bond donors (Lipinski definition) is 2. The maximum Gasteiger partial charge on any atom is 0.157 e. The fourth-order valence-corrected chi connectivity index (χ4v) is 1.68. The van der Waals surface area contributed by atoms with E-state index in [1.54, 1.807) is 6.08 Å². The van der Waals surface area contributed by atoms with Crippen LogP contribution in [0.25, 0.3) is 0 Å².